The number of methoxy groups -OCH3 is 1. The van der Waals surface area contributed by atoms with Gasteiger partial charge in [0, 0.05) is 39.3 Å². The molecule has 1 saturated heterocycles. The summed E-state index contributed by atoms with van der Waals surface area (Å²) in [5.41, 5.74) is 2.11. The van der Waals surface area contributed by atoms with Crippen LogP contribution < -0.4 is 20.7 Å². The van der Waals surface area contributed by atoms with Crippen LogP contribution in [0.2, 0.25) is 0 Å². The Labute approximate surface area is 216 Å². The summed E-state index contributed by atoms with van der Waals surface area (Å²) >= 11 is 0. The number of hydrogen-bond donors (Lipinski definition) is 3. The van der Waals surface area contributed by atoms with Crippen molar-refractivity contribution in [1.29, 1.82) is 0 Å². The summed E-state index contributed by atoms with van der Waals surface area (Å²) in [5, 5.41) is 13.1. The molecule has 3 heterocycles. The Morgan fingerprint density at radius 1 is 1.16 bits per heavy atom. The molecule has 11 nitrogen and oxygen atoms in total. The molecule has 11 heteroatoms. The lowest BCUT2D eigenvalue weighted by Gasteiger charge is -2.29. The molecule has 2 aromatic heterocycles. The lowest BCUT2D eigenvalue weighted by atomic mass is 9.99. The zero-order valence-electron chi connectivity index (χ0n) is 21.7. The molecule has 0 bridgehead atoms. The molecule has 1 aliphatic heterocycles. The molecule has 1 fully saturated rings. The molecule has 196 valence electrons. The predicted molar refractivity (Wildman–Crippen MR) is 142 cm³/mol. The summed E-state index contributed by atoms with van der Waals surface area (Å²) in [5.74, 6) is 1.71. The van der Waals surface area contributed by atoms with Crippen LogP contribution in [0.1, 0.15) is 36.5 Å². The van der Waals surface area contributed by atoms with Gasteiger partial charge in [0.25, 0.3) is 5.91 Å². The van der Waals surface area contributed by atoms with E-state index in [4.69, 9.17) is 4.74 Å². The third-order valence-electron chi connectivity index (χ3n) is 6.50. The van der Waals surface area contributed by atoms with Gasteiger partial charge in [0.2, 0.25) is 5.91 Å². The molecule has 3 N–H and O–H groups in total. The second-order valence-electron chi connectivity index (χ2n) is 9.27. The maximum absolute atomic E-state index is 12.7. The molecule has 0 aliphatic carbocycles. The Balaban J connectivity index is 1.54. The first-order valence-corrected chi connectivity index (χ1v) is 12.4. The molecule has 37 heavy (non-hydrogen) atoms. The fraction of sp³-hybridized carbons (Fsp3) is 0.423. The van der Waals surface area contributed by atoms with Crippen molar-refractivity contribution in [3.05, 3.63) is 42.4 Å². The van der Waals surface area contributed by atoms with Crippen molar-refractivity contribution < 1.29 is 14.3 Å². The summed E-state index contributed by atoms with van der Waals surface area (Å²) in [6, 6.07) is 7.19. The Morgan fingerprint density at radius 3 is 2.62 bits per heavy atom. The number of aryl methyl sites for hydroxylation is 1. The zero-order valence-corrected chi connectivity index (χ0v) is 21.7. The van der Waals surface area contributed by atoms with E-state index in [2.05, 4.69) is 42.8 Å². The van der Waals surface area contributed by atoms with Gasteiger partial charge in [0.05, 0.1) is 29.6 Å². The highest BCUT2D eigenvalue weighted by atomic mass is 16.5. The SMILES string of the molecule is CNC(=O)c1cnc(NC(=O)CCN2CCC(C)CC2)cc1Nc1cccc(-c2ncn(C)n2)c1OC. The Morgan fingerprint density at radius 2 is 1.95 bits per heavy atom. The molecular weight excluding hydrogens is 472 g/mol. The maximum Gasteiger partial charge on any atom is 0.254 e. The summed E-state index contributed by atoms with van der Waals surface area (Å²) in [6.07, 6.45) is 5.77. The first-order valence-electron chi connectivity index (χ1n) is 12.4. The minimum Gasteiger partial charge on any atom is -0.494 e. The normalized spacial score (nSPS) is 14.3. The number of pyridine rings is 1. The molecule has 4 rings (SSSR count). The van der Waals surface area contributed by atoms with Gasteiger partial charge in [-0.3, -0.25) is 14.3 Å². The molecule has 2 amide bonds. The van der Waals surface area contributed by atoms with Crippen molar-refractivity contribution in [3.8, 4) is 17.1 Å². The van der Waals surface area contributed by atoms with E-state index in [1.165, 1.54) is 19.0 Å². The highest BCUT2D eigenvalue weighted by molar-refractivity contribution is 6.01. The first kappa shape index (κ1) is 26.1. The lowest BCUT2D eigenvalue weighted by molar-refractivity contribution is -0.116. The number of carbonyl (C=O) groups excluding carboxylic acids is 2. The molecular formula is C26H34N8O3. The number of rotatable bonds is 9. The van der Waals surface area contributed by atoms with Gasteiger partial charge in [-0.05, 0) is 44.0 Å². The number of likely N-dealkylation sites (tertiary alicyclic amines) is 1. The van der Waals surface area contributed by atoms with Crippen molar-refractivity contribution in [2.75, 3.05) is 44.4 Å². The van der Waals surface area contributed by atoms with E-state index in [1.54, 1.807) is 38.3 Å². The van der Waals surface area contributed by atoms with E-state index in [1.807, 2.05) is 18.2 Å². The highest BCUT2D eigenvalue weighted by Gasteiger charge is 2.19. The zero-order chi connectivity index (χ0) is 26.4. The number of ether oxygens (including phenoxy) is 1. The van der Waals surface area contributed by atoms with E-state index < -0.39 is 0 Å². The van der Waals surface area contributed by atoms with Gasteiger partial charge in [-0.1, -0.05) is 13.0 Å². The van der Waals surface area contributed by atoms with E-state index in [-0.39, 0.29) is 11.8 Å². The summed E-state index contributed by atoms with van der Waals surface area (Å²) < 4.78 is 7.30. The molecule has 0 saturated carbocycles. The van der Waals surface area contributed by atoms with Crippen LogP contribution in [-0.4, -0.2) is 70.3 Å². The van der Waals surface area contributed by atoms with Gasteiger partial charge < -0.3 is 25.6 Å². The number of para-hydroxylation sites is 1. The summed E-state index contributed by atoms with van der Waals surface area (Å²) in [6.45, 7) is 5.03. The molecule has 0 radical (unpaired) electrons. The number of piperidine rings is 1. The van der Waals surface area contributed by atoms with Gasteiger partial charge in [0.1, 0.15) is 12.1 Å². The number of hydrogen-bond acceptors (Lipinski definition) is 8. The van der Waals surface area contributed by atoms with Gasteiger partial charge >= 0.3 is 0 Å². The molecule has 3 aromatic rings. The van der Waals surface area contributed by atoms with Gasteiger partial charge in [-0.2, -0.15) is 5.10 Å². The van der Waals surface area contributed by atoms with Crippen LogP contribution >= 0.6 is 0 Å². The molecule has 0 atom stereocenters. The average Bonchev–Trinajstić information content (AvgIpc) is 3.34. The minimum atomic E-state index is -0.311. The average molecular weight is 507 g/mol. The number of benzene rings is 1. The van der Waals surface area contributed by atoms with E-state index in [0.717, 1.165) is 19.0 Å². The van der Waals surface area contributed by atoms with Gasteiger partial charge in [-0.25, -0.2) is 9.97 Å². The number of nitrogens with one attached hydrogen (secondary N) is 3. The van der Waals surface area contributed by atoms with E-state index >= 15 is 0 Å². The van der Waals surface area contributed by atoms with Crippen molar-refractivity contribution >= 4 is 29.0 Å². The van der Waals surface area contributed by atoms with Crippen LogP contribution in [0.25, 0.3) is 11.4 Å². The Bertz CT molecular complexity index is 1250. The number of anilines is 3. The van der Waals surface area contributed by atoms with Crippen LogP contribution in [0.15, 0.2) is 36.8 Å². The summed E-state index contributed by atoms with van der Waals surface area (Å²) in [7, 11) is 4.91. The van der Waals surface area contributed by atoms with Crippen LogP contribution in [0.5, 0.6) is 5.75 Å². The van der Waals surface area contributed by atoms with Crippen LogP contribution in [0.4, 0.5) is 17.2 Å². The lowest BCUT2D eigenvalue weighted by Crippen LogP contribution is -2.35. The topological polar surface area (TPSA) is 126 Å². The number of aromatic nitrogens is 4. The number of amides is 2. The predicted octanol–water partition coefficient (Wildman–Crippen LogP) is 3.05. The fourth-order valence-corrected chi connectivity index (χ4v) is 4.33. The van der Waals surface area contributed by atoms with E-state index in [9.17, 15) is 9.59 Å². The largest absolute Gasteiger partial charge is 0.494 e. The minimum absolute atomic E-state index is 0.120. The fourth-order valence-electron chi connectivity index (χ4n) is 4.33. The first-order chi connectivity index (χ1) is 17.9. The van der Waals surface area contributed by atoms with Crippen LogP contribution in [0, 0.1) is 5.92 Å². The highest BCUT2D eigenvalue weighted by Crippen LogP contribution is 2.37. The van der Waals surface area contributed by atoms with Crippen molar-refractivity contribution in [2.24, 2.45) is 13.0 Å². The monoisotopic (exact) mass is 506 g/mol. The van der Waals surface area contributed by atoms with Crippen LogP contribution in [-0.2, 0) is 11.8 Å². The van der Waals surface area contributed by atoms with Crippen molar-refractivity contribution in [3.63, 3.8) is 0 Å². The quantitative estimate of drug-likeness (QED) is 0.404. The standard InChI is InChI=1S/C26H34N8O3/c1-17-8-11-34(12-9-17)13-10-23(35)31-22-14-21(19(15-28-22)26(36)27-2)30-20-7-5-6-18(24(20)37-4)25-29-16-33(3)32-25/h5-7,14-17H,8-13H2,1-4H3,(H,27,36)(H2,28,30,31,35). The Hall–Kier alpha value is -3.99. The maximum atomic E-state index is 12.7. The third kappa shape index (κ3) is 6.42. The van der Waals surface area contributed by atoms with Gasteiger partial charge in [0.15, 0.2) is 11.6 Å². The molecule has 1 aliphatic rings. The van der Waals surface area contributed by atoms with Crippen molar-refractivity contribution in [1.82, 2.24) is 30.0 Å². The number of nitrogens with zero attached hydrogens (tertiary/aromatic N) is 5. The van der Waals surface area contributed by atoms with Crippen LogP contribution in [0.3, 0.4) is 0 Å². The smallest absolute Gasteiger partial charge is 0.254 e. The molecule has 0 spiro atoms. The Kier molecular flexibility index (Phi) is 8.34. The second kappa shape index (κ2) is 11.8. The van der Waals surface area contributed by atoms with Gasteiger partial charge in [-0.15, -0.1) is 0 Å². The molecule has 1 aromatic carbocycles. The summed E-state index contributed by atoms with van der Waals surface area (Å²) in [4.78, 5) is 36.2. The third-order valence-corrected chi connectivity index (χ3v) is 6.50. The van der Waals surface area contributed by atoms with Crippen molar-refractivity contribution in [2.45, 2.75) is 26.2 Å². The second-order valence-corrected chi connectivity index (χ2v) is 9.27. The van der Waals surface area contributed by atoms with E-state index in [0.29, 0.717) is 52.9 Å². The molecule has 0 unspecified atom stereocenters. The number of carbonyl (C=O) groups is 2.